The monoisotopic (exact) mass is 350 g/mol. The van der Waals surface area contributed by atoms with Crippen LogP contribution >= 0.6 is 0 Å². The smallest absolute Gasteiger partial charge is 0.255 e. The molecule has 136 valence electrons. The molecule has 2 amide bonds. The Kier molecular flexibility index (Phi) is 5.40. The number of carbonyl (C=O) groups excluding carboxylic acids is 2. The van der Waals surface area contributed by atoms with Gasteiger partial charge in [-0.05, 0) is 30.5 Å². The first-order chi connectivity index (χ1) is 12.6. The molecule has 0 aromatic heterocycles. The molecule has 4 heteroatoms. The largest absolute Gasteiger partial charge is 0.350 e. The zero-order valence-electron chi connectivity index (χ0n) is 15.5. The number of carbonyl (C=O) groups is 2. The summed E-state index contributed by atoms with van der Waals surface area (Å²) >= 11 is 0. The van der Waals surface area contributed by atoms with Crippen LogP contribution in [0.3, 0.4) is 0 Å². The third-order valence-electron chi connectivity index (χ3n) is 5.14. The Labute approximate surface area is 155 Å². The van der Waals surface area contributed by atoms with Crippen molar-refractivity contribution in [3.8, 4) is 0 Å². The molecule has 0 spiro atoms. The molecule has 2 aromatic carbocycles. The summed E-state index contributed by atoms with van der Waals surface area (Å²) in [5.74, 6) is -0.141. The van der Waals surface area contributed by atoms with E-state index < -0.39 is 5.54 Å². The molecule has 0 aliphatic carbocycles. The predicted molar refractivity (Wildman–Crippen MR) is 103 cm³/mol. The fourth-order valence-corrected chi connectivity index (χ4v) is 3.55. The number of benzene rings is 2. The molecule has 2 aromatic rings. The van der Waals surface area contributed by atoms with Crippen LogP contribution in [0.2, 0.25) is 0 Å². The summed E-state index contributed by atoms with van der Waals surface area (Å²) in [5.41, 5.74) is 1.85. The Balaban J connectivity index is 1.85. The molecule has 4 nitrogen and oxygen atoms in total. The second kappa shape index (κ2) is 7.73. The summed E-state index contributed by atoms with van der Waals surface area (Å²) in [7, 11) is 0. The number of rotatable bonds is 6. The fourth-order valence-electron chi connectivity index (χ4n) is 3.55. The third kappa shape index (κ3) is 3.50. The standard InChI is InChI=1S/C22H26N2O2/c1-3-4-14-24-20(25)19-13-9-8-12-18(19)15-22(24,2)21(26)23-16-17-10-6-5-7-11-17/h5-13H,3-4,14-16H2,1-2H3,(H,23,26)/t22-/m0/s1. The maximum Gasteiger partial charge on any atom is 0.255 e. The minimum absolute atomic E-state index is 0.0438. The molecule has 0 radical (unpaired) electrons. The Morgan fingerprint density at radius 2 is 1.81 bits per heavy atom. The molecule has 0 saturated heterocycles. The highest BCUT2D eigenvalue weighted by atomic mass is 16.2. The molecule has 1 heterocycles. The van der Waals surface area contributed by atoms with Gasteiger partial charge in [-0.15, -0.1) is 0 Å². The summed E-state index contributed by atoms with van der Waals surface area (Å²) < 4.78 is 0. The van der Waals surface area contributed by atoms with Gasteiger partial charge in [-0.2, -0.15) is 0 Å². The van der Waals surface area contributed by atoms with Gasteiger partial charge in [0.2, 0.25) is 5.91 Å². The minimum atomic E-state index is -0.866. The number of nitrogens with one attached hydrogen (secondary N) is 1. The van der Waals surface area contributed by atoms with E-state index in [1.54, 1.807) is 4.90 Å². The SMILES string of the molecule is CCCCN1C(=O)c2ccccc2C[C@@]1(C)C(=O)NCc1ccccc1. The van der Waals surface area contributed by atoms with Crippen molar-refractivity contribution in [3.05, 3.63) is 71.3 Å². The van der Waals surface area contributed by atoms with E-state index >= 15 is 0 Å². The van der Waals surface area contributed by atoms with Gasteiger partial charge in [-0.25, -0.2) is 0 Å². The summed E-state index contributed by atoms with van der Waals surface area (Å²) in [5, 5.41) is 3.03. The Morgan fingerprint density at radius 3 is 2.54 bits per heavy atom. The lowest BCUT2D eigenvalue weighted by Crippen LogP contribution is -2.62. The number of hydrogen-bond donors (Lipinski definition) is 1. The van der Waals surface area contributed by atoms with Crippen LogP contribution in [0.4, 0.5) is 0 Å². The lowest BCUT2D eigenvalue weighted by atomic mass is 9.82. The van der Waals surface area contributed by atoms with Crippen LogP contribution in [0.15, 0.2) is 54.6 Å². The molecule has 0 fully saturated rings. The molecular weight excluding hydrogens is 324 g/mol. The van der Waals surface area contributed by atoms with E-state index in [9.17, 15) is 9.59 Å². The molecule has 26 heavy (non-hydrogen) atoms. The van der Waals surface area contributed by atoms with E-state index in [0.717, 1.165) is 29.5 Å². The van der Waals surface area contributed by atoms with Crippen LogP contribution < -0.4 is 5.32 Å². The maximum absolute atomic E-state index is 13.1. The molecule has 0 saturated carbocycles. The van der Waals surface area contributed by atoms with Crippen LogP contribution in [-0.4, -0.2) is 28.8 Å². The summed E-state index contributed by atoms with van der Waals surface area (Å²) in [6.07, 6.45) is 2.40. The van der Waals surface area contributed by atoms with Crippen molar-refractivity contribution >= 4 is 11.8 Å². The highest BCUT2D eigenvalue weighted by Gasteiger charge is 2.46. The van der Waals surface area contributed by atoms with Gasteiger partial charge in [0.25, 0.3) is 5.91 Å². The third-order valence-corrected chi connectivity index (χ3v) is 5.14. The Hall–Kier alpha value is -2.62. The highest BCUT2D eigenvalue weighted by molar-refractivity contribution is 6.02. The van der Waals surface area contributed by atoms with E-state index in [2.05, 4.69) is 12.2 Å². The van der Waals surface area contributed by atoms with E-state index in [4.69, 9.17) is 0 Å². The molecule has 0 unspecified atom stereocenters. The van der Waals surface area contributed by atoms with Crippen LogP contribution in [-0.2, 0) is 17.8 Å². The Morgan fingerprint density at radius 1 is 1.12 bits per heavy atom. The summed E-state index contributed by atoms with van der Waals surface area (Å²) in [4.78, 5) is 27.9. The maximum atomic E-state index is 13.1. The summed E-state index contributed by atoms with van der Waals surface area (Å²) in [6.45, 7) is 5.04. The van der Waals surface area contributed by atoms with Crippen molar-refractivity contribution in [1.29, 1.82) is 0 Å². The van der Waals surface area contributed by atoms with Crippen molar-refractivity contribution in [2.24, 2.45) is 0 Å². The van der Waals surface area contributed by atoms with E-state index in [1.807, 2.05) is 61.5 Å². The molecule has 1 N–H and O–H groups in total. The molecule has 1 aliphatic rings. The first-order valence-electron chi connectivity index (χ1n) is 9.28. The van der Waals surface area contributed by atoms with Crippen LogP contribution in [0.5, 0.6) is 0 Å². The Bertz CT molecular complexity index is 788. The van der Waals surface area contributed by atoms with Gasteiger partial charge >= 0.3 is 0 Å². The second-order valence-corrected chi connectivity index (χ2v) is 7.09. The van der Waals surface area contributed by atoms with Crippen molar-refractivity contribution in [2.75, 3.05) is 6.54 Å². The zero-order valence-corrected chi connectivity index (χ0v) is 15.5. The van der Waals surface area contributed by atoms with Crippen molar-refractivity contribution in [1.82, 2.24) is 10.2 Å². The van der Waals surface area contributed by atoms with Gasteiger partial charge < -0.3 is 10.2 Å². The van der Waals surface area contributed by atoms with E-state index in [1.165, 1.54) is 0 Å². The van der Waals surface area contributed by atoms with Gasteiger partial charge in [-0.3, -0.25) is 9.59 Å². The molecule has 0 bridgehead atoms. The van der Waals surface area contributed by atoms with Gasteiger partial charge in [0, 0.05) is 25.1 Å². The highest BCUT2D eigenvalue weighted by Crippen LogP contribution is 2.31. The van der Waals surface area contributed by atoms with Gasteiger partial charge in [0.1, 0.15) is 5.54 Å². The predicted octanol–water partition coefficient (Wildman–Crippen LogP) is 3.56. The minimum Gasteiger partial charge on any atom is -0.350 e. The first-order valence-corrected chi connectivity index (χ1v) is 9.28. The fraction of sp³-hybridized carbons (Fsp3) is 0.364. The van der Waals surface area contributed by atoms with Crippen molar-refractivity contribution in [3.63, 3.8) is 0 Å². The van der Waals surface area contributed by atoms with Crippen LogP contribution in [0, 0.1) is 0 Å². The van der Waals surface area contributed by atoms with Crippen LogP contribution in [0.25, 0.3) is 0 Å². The summed E-state index contributed by atoms with van der Waals surface area (Å²) in [6, 6.07) is 17.5. The lowest BCUT2D eigenvalue weighted by molar-refractivity contribution is -0.131. The van der Waals surface area contributed by atoms with Crippen molar-refractivity contribution in [2.45, 2.75) is 45.2 Å². The zero-order chi connectivity index (χ0) is 18.6. The average molecular weight is 350 g/mol. The number of nitrogens with zero attached hydrogens (tertiary/aromatic N) is 1. The van der Waals surface area contributed by atoms with Gasteiger partial charge in [0.15, 0.2) is 0 Å². The molecular formula is C22H26N2O2. The van der Waals surface area contributed by atoms with Crippen LogP contribution in [0.1, 0.15) is 48.2 Å². The number of unbranched alkanes of at least 4 members (excludes halogenated alkanes) is 1. The van der Waals surface area contributed by atoms with Gasteiger partial charge in [0.05, 0.1) is 0 Å². The van der Waals surface area contributed by atoms with Crippen molar-refractivity contribution < 1.29 is 9.59 Å². The number of hydrogen-bond acceptors (Lipinski definition) is 2. The van der Waals surface area contributed by atoms with Gasteiger partial charge in [-0.1, -0.05) is 61.9 Å². The molecule has 3 rings (SSSR count). The lowest BCUT2D eigenvalue weighted by Gasteiger charge is -2.44. The first kappa shape index (κ1) is 18.2. The number of fused-ring (bicyclic) bond motifs is 1. The quantitative estimate of drug-likeness (QED) is 0.866. The molecule has 1 atom stereocenters. The molecule has 1 aliphatic heterocycles. The average Bonchev–Trinajstić information content (AvgIpc) is 2.66. The second-order valence-electron chi connectivity index (χ2n) is 7.09. The topological polar surface area (TPSA) is 49.4 Å². The number of amides is 2. The normalized spacial score (nSPS) is 19.2. The van der Waals surface area contributed by atoms with E-state index in [-0.39, 0.29) is 11.8 Å². The van der Waals surface area contributed by atoms with E-state index in [0.29, 0.717) is 19.5 Å².